The smallest absolute Gasteiger partial charge is 0.125 e. The Morgan fingerprint density at radius 1 is 0.957 bits per heavy atom. The van der Waals surface area contributed by atoms with Crippen LogP contribution in [0.15, 0.2) is 36.4 Å². The highest BCUT2D eigenvalue weighted by atomic mass is 35.5. The van der Waals surface area contributed by atoms with Crippen LogP contribution in [-0.4, -0.2) is 27.9 Å². The first kappa shape index (κ1) is 17.4. The van der Waals surface area contributed by atoms with E-state index in [2.05, 4.69) is 0 Å². The van der Waals surface area contributed by atoms with Crippen molar-refractivity contribution in [3.05, 3.63) is 52.5 Å². The fraction of sp³-hybridized carbons (Fsp3) is 0.333. The summed E-state index contributed by atoms with van der Waals surface area (Å²) < 4.78 is 16.2. The minimum Gasteiger partial charge on any atom is -0.497 e. The molecule has 0 aromatic heterocycles. The number of nitrogens with two attached hydrogens (primary N) is 1. The van der Waals surface area contributed by atoms with Gasteiger partial charge in [0.25, 0.3) is 0 Å². The fourth-order valence-corrected chi connectivity index (χ4v) is 2.81. The highest BCUT2D eigenvalue weighted by Gasteiger charge is 2.18. The minimum absolute atomic E-state index is 0.0749. The van der Waals surface area contributed by atoms with E-state index in [0.717, 1.165) is 34.8 Å². The topological polar surface area (TPSA) is 53.7 Å². The second kappa shape index (κ2) is 8.09. The maximum Gasteiger partial charge on any atom is 0.125 e. The molecule has 2 aromatic carbocycles. The van der Waals surface area contributed by atoms with Gasteiger partial charge in [0.05, 0.1) is 21.3 Å². The summed E-state index contributed by atoms with van der Waals surface area (Å²) in [5, 5.41) is 0.668. The summed E-state index contributed by atoms with van der Waals surface area (Å²) in [6, 6.07) is 11.4. The molecule has 1 unspecified atom stereocenters. The van der Waals surface area contributed by atoms with Crippen molar-refractivity contribution >= 4 is 11.6 Å². The Labute approximate surface area is 142 Å². The predicted molar refractivity (Wildman–Crippen MR) is 93.0 cm³/mol. The number of hydrogen-bond donors (Lipinski definition) is 1. The minimum atomic E-state index is 0.0749. The highest BCUT2D eigenvalue weighted by molar-refractivity contribution is 6.30. The number of ether oxygens (including phenoxy) is 3. The van der Waals surface area contributed by atoms with Gasteiger partial charge in [-0.05, 0) is 42.8 Å². The van der Waals surface area contributed by atoms with Gasteiger partial charge in [-0.25, -0.2) is 0 Å². The summed E-state index contributed by atoms with van der Waals surface area (Å²) in [5.74, 6) is 2.40. The van der Waals surface area contributed by atoms with Crippen LogP contribution in [-0.2, 0) is 6.42 Å². The van der Waals surface area contributed by atoms with Gasteiger partial charge in [-0.2, -0.15) is 0 Å². The molecule has 23 heavy (non-hydrogen) atoms. The van der Waals surface area contributed by atoms with Crippen LogP contribution in [0.1, 0.15) is 17.0 Å². The molecule has 2 rings (SSSR count). The molecule has 0 amide bonds. The van der Waals surface area contributed by atoms with Crippen molar-refractivity contribution < 1.29 is 14.2 Å². The second-order valence-corrected chi connectivity index (χ2v) is 5.64. The van der Waals surface area contributed by atoms with Crippen LogP contribution in [0.5, 0.6) is 17.2 Å². The Bertz CT molecular complexity index is 661. The summed E-state index contributed by atoms with van der Waals surface area (Å²) in [5.41, 5.74) is 8.07. The third-order valence-corrected chi connectivity index (χ3v) is 4.11. The molecule has 0 saturated carbocycles. The Kier molecular flexibility index (Phi) is 6.13. The maximum atomic E-state index is 6.14. The molecule has 0 aliphatic carbocycles. The van der Waals surface area contributed by atoms with Crippen molar-refractivity contribution in [3.63, 3.8) is 0 Å². The second-order valence-electron chi connectivity index (χ2n) is 5.20. The lowest BCUT2D eigenvalue weighted by molar-refractivity contribution is 0.388. The van der Waals surface area contributed by atoms with Crippen LogP contribution in [0.4, 0.5) is 0 Å². The molecule has 2 aromatic rings. The number of halogens is 1. The zero-order valence-corrected chi connectivity index (χ0v) is 14.4. The van der Waals surface area contributed by atoms with Gasteiger partial charge in [0, 0.05) is 22.6 Å². The van der Waals surface area contributed by atoms with Crippen LogP contribution in [0.25, 0.3) is 0 Å². The standard InChI is InChI=1S/C18H22ClNO3/c1-21-15-6-4-12(18(10-15)23-3)8-13(11-20)16-9-14(19)5-7-17(16)22-2/h4-7,9-10,13H,8,11,20H2,1-3H3. The van der Waals surface area contributed by atoms with Crippen LogP contribution in [0, 0.1) is 0 Å². The molecule has 1 atom stereocenters. The Morgan fingerprint density at radius 3 is 2.30 bits per heavy atom. The van der Waals surface area contributed by atoms with E-state index in [1.807, 2.05) is 36.4 Å². The monoisotopic (exact) mass is 335 g/mol. The molecule has 0 radical (unpaired) electrons. The molecule has 0 bridgehead atoms. The van der Waals surface area contributed by atoms with Crippen LogP contribution in [0.3, 0.4) is 0 Å². The van der Waals surface area contributed by atoms with E-state index in [4.69, 9.17) is 31.5 Å². The van der Waals surface area contributed by atoms with Crippen molar-refractivity contribution in [2.24, 2.45) is 5.73 Å². The molecule has 0 aliphatic rings. The lowest BCUT2D eigenvalue weighted by Crippen LogP contribution is -2.16. The van der Waals surface area contributed by atoms with E-state index in [9.17, 15) is 0 Å². The predicted octanol–water partition coefficient (Wildman–Crippen LogP) is 3.65. The summed E-state index contributed by atoms with van der Waals surface area (Å²) in [7, 11) is 4.93. The lowest BCUT2D eigenvalue weighted by Gasteiger charge is -2.20. The Morgan fingerprint density at radius 2 is 1.70 bits per heavy atom. The van der Waals surface area contributed by atoms with E-state index in [-0.39, 0.29) is 5.92 Å². The van der Waals surface area contributed by atoms with Gasteiger partial charge in [0.15, 0.2) is 0 Å². The average Bonchev–Trinajstić information content (AvgIpc) is 2.59. The van der Waals surface area contributed by atoms with Gasteiger partial charge in [-0.1, -0.05) is 17.7 Å². The van der Waals surface area contributed by atoms with E-state index in [0.29, 0.717) is 11.6 Å². The molecular weight excluding hydrogens is 314 g/mol. The van der Waals surface area contributed by atoms with Gasteiger partial charge in [0.1, 0.15) is 17.2 Å². The first-order chi connectivity index (χ1) is 11.1. The molecule has 4 nitrogen and oxygen atoms in total. The van der Waals surface area contributed by atoms with E-state index in [1.165, 1.54) is 0 Å². The van der Waals surface area contributed by atoms with Crippen molar-refractivity contribution in [1.82, 2.24) is 0 Å². The number of hydrogen-bond acceptors (Lipinski definition) is 4. The van der Waals surface area contributed by atoms with E-state index < -0.39 is 0 Å². The lowest BCUT2D eigenvalue weighted by atomic mass is 9.91. The third-order valence-electron chi connectivity index (χ3n) is 3.88. The summed E-state index contributed by atoms with van der Waals surface area (Å²) >= 11 is 6.14. The van der Waals surface area contributed by atoms with Gasteiger partial charge in [-0.15, -0.1) is 0 Å². The van der Waals surface area contributed by atoms with Crippen molar-refractivity contribution in [2.45, 2.75) is 12.3 Å². The number of rotatable bonds is 7. The molecule has 0 saturated heterocycles. The molecule has 0 heterocycles. The van der Waals surface area contributed by atoms with Gasteiger partial charge >= 0.3 is 0 Å². The van der Waals surface area contributed by atoms with Crippen molar-refractivity contribution in [2.75, 3.05) is 27.9 Å². The van der Waals surface area contributed by atoms with Gasteiger partial charge in [-0.3, -0.25) is 0 Å². The number of methoxy groups -OCH3 is 3. The van der Waals surface area contributed by atoms with Crippen LogP contribution >= 0.6 is 11.6 Å². The van der Waals surface area contributed by atoms with Gasteiger partial charge < -0.3 is 19.9 Å². The maximum absolute atomic E-state index is 6.14. The average molecular weight is 336 g/mol. The number of benzene rings is 2. The summed E-state index contributed by atoms with van der Waals surface area (Å²) in [6.45, 7) is 0.478. The first-order valence-corrected chi connectivity index (χ1v) is 7.75. The largest absolute Gasteiger partial charge is 0.497 e. The molecule has 2 N–H and O–H groups in total. The molecular formula is C18H22ClNO3. The molecule has 124 valence electrons. The van der Waals surface area contributed by atoms with Crippen LogP contribution < -0.4 is 19.9 Å². The highest BCUT2D eigenvalue weighted by Crippen LogP contribution is 2.34. The molecule has 0 spiro atoms. The quantitative estimate of drug-likeness (QED) is 0.839. The zero-order chi connectivity index (χ0) is 16.8. The SMILES string of the molecule is COc1ccc(CC(CN)c2cc(Cl)ccc2OC)c(OC)c1. The first-order valence-electron chi connectivity index (χ1n) is 7.37. The van der Waals surface area contributed by atoms with Gasteiger partial charge in [0.2, 0.25) is 0 Å². The summed E-state index contributed by atoms with van der Waals surface area (Å²) in [4.78, 5) is 0. The normalized spacial score (nSPS) is 11.9. The zero-order valence-electron chi connectivity index (χ0n) is 13.6. The van der Waals surface area contributed by atoms with Crippen molar-refractivity contribution in [3.8, 4) is 17.2 Å². The Balaban J connectivity index is 2.35. The third kappa shape index (κ3) is 4.09. The Hall–Kier alpha value is -1.91. The van der Waals surface area contributed by atoms with Crippen LogP contribution in [0.2, 0.25) is 5.02 Å². The summed E-state index contributed by atoms with van der Waals surface area (Å²) in [6.07, 6.45) is 0.723. The fourth-order valence-electron chi connectivity index (χ4n) is 2.63. The van der Waals surface area contributed by atoms with Crippen molar-refractivity contribution in [1.29, 1.82) is 0 Å². The molecule has 0 aliphatic heterocycles. The van der Waals surface area contributed by atoms with E-state index >= 15 is 0 Å². The molecule has 0 fully saturated rings. The van der Waals surface area contributed by atoms with E-state index in [1.54, 1.807) is 21.3 Å². The molecule has 5 heteroatoms.